The van der Waals surface area contributed by atoms with E-state index in [0.29, 0.717) is 6.79 Å². The zero-order valence-corrected chi connectivity index (χ0v) is 7.64. The first-order valence-corrected chi connectivity index (χ1v) is 4.12. The quantitative estimate of drug-likeness (QED) is 0.661. The molecule has 0 radical (unpaired) electrons. The Hall–Kier alpha value is -0.700. The van der Waals surface area contributed by atoms with Crippen LogP contribution in [0.15, 0.2) is 16.6 Å². The molecule has 2 nitrogen and oxygen atoms in total. The molecule has 1 aromatic carbocycles. The summed E-state index contributed by atoms with van der Waals surface area (Å²) in [7, 11) is 0. The Morgan fingerprint density at radius 1 is 1.36 bits per heavy atom. The van der Waals surface area contributed by atoms with Gasteiger partial charge in [-0.3, -0.25) is 0 Å². The highest BCUT2D eigenvalue weighted by molar-refractivity contribution is 9.10. The van der Waals surface area contributed by atoms with Crippen LogP contribution in [0.4, 0.5) is 0 Å². The van der Waals surface area contributed by atoms with Gasteiger partial charge in [-0.1, -0.05) is 15.9 Å². The summed E-state index contributed by atoms with van der Waals surface area (Å²) in [5, 5.41) is 0. The van der Waals surface area contributed by atoms with Crippen molar-refractivity contribution in [2.24, 2.45) is 0 Å². The molecule has 2 rings (SSSR count). The molecular weight excluding hydrogens is 208 g/mol. The summed E-state index contributed by atoms with van der Waals surface area (Å²) in [4.78, 5) is 0. The van der Waals surface area contributed by atoms with Gasteiger partial charge in [-0.25, -0.2) is 0 Å². The number of aryl methyl sites for hydroxylation is 1. The monoisotopic (exact) mass is 214 g/mol. The molecule has 0 fully saturated rings. The van der Waals surface area contributed by atoms with E-state index >= 15 is 0 Å². The molecule has 0 aliphatic carbocycles. The van der Waals surface area contributed by atoms with Crippen molar-refractivity contribution >= 4 is 15.9 Å². The van der Waals surface area contributed by atoms with Crippen molar-refractivity contribution in [3.63, 3.8) is 0 Å². The highest BCUT2D eigenvalue weighted by Crippen LogP contribution is 2.37. The van der Waals surface area contributed by atoms with Crippen molar-refractivity contribution in [3.05, 3.63) is 22.2 Å². The number of ether oxygens (including phenoxy) is 2. The molecule has 0 unspecified atom stereocenters. The summed E-state index contributed by atoms with van der Waals surface area (Å²) >= 11 is 3.38. The molecule has 0 N–H and O–H groups in total. The molecule has 0 amide bonds. The maximum Gasteiger partial charge on any atom is 0.231 e. The summed E-state index contributed by atoms with van der Waals surface area (Å²) < 4.78 is 11.5. The van der Waals surface area contributed by atoms with Gasteiger partial charge < -0.3 is 9.47 Å². The SMILES string of the molecule is Cc1cc(Br)cc2c1OCO2. The van der Waals surface area contributed by atoms with Crippen LogP contribution in [0, 0.1) is 6.92 Å². The van der Waals surface area contributed by atoms with Crippen LogP contribution in [0.5, 0.6) is 11.5 Å². The van der Waals surface area contributed by atoms with Crippen LogP contribution in [0.1, 0.15) is 5.56 Å². The van der Waals surface area contributed by atoms with Crippen molar-refractivity contribution in [2.45, 2.75) is 6.92 Å². The van der Waals surface area contributed by atoms with Gasteiger partial charge in [0.1, 0.15) is 0 Å². The molecule has 0 saturated carbocycles. The predicted octanol–water partition coefficient (Wildman–Crippen LogP) is 2.49. The summed E-state index contributed by atoms with van der Waals surface area (Å²) in [5.74, 6) is 1.70. The zero-order valence-electron chi connectivity index (χ0n) is 6.06. The summed E-state index contributed by atoms with van der Waals surface area (Å²) in [6.07, 6.45) is 0. The molecule has 0 aromatic heterocycles. The Balaban J connectivity index is 2.60. The van der Waals surface area contributed by atoms with E-state index in [1.165, 1.54) is 0 Å². The third-order valence-corrected chi connectivity index (χ3v) is 2.08. The lowest BCUT2D eigenvalue weighted by molar-refractivity contribution is 0.173. The predicted molar refractivity (Wildman–Crippen MR) is 45.0 cm³/mol. The van der Waals surface area contributed by atoms with Crippen molar-refractivity contribution in [3.8, 4) is 11.5 Å². The van der Waals surface area contributed by atoms with Gasteiger partial charge in [-0.05, 0) is 24.6 Å². The maximum absolute atomic E-state index is 5.24. The first-order chi connectivity index (χ1) is 5.27. The van der Waals surface area contributed by atoms with E-state index in [-0.39, 0.29) is 0 Å². The van der Waals surface area contributed by atoms with Gasteiger partial charge in [0.25, 0.3) is 0 Å². The van der Waals surface area contributed by atoms with Gasteiger partial charge in [-0.2, -0.15) is 0 Å². The molecule has 58 valence electrons. The summed E-state index contributed by atoms with van der Waals surface area (Å²) in [5.41, 5.74) is 1.10. The third-order valence-electron chi connectivity index (χ3n) is 1.62. The Morgan fingerprint density at radius 2 is 2.18 bits per heavy atom. The van der Waals surface area contributed by atoms with Gasteiger partial charge in [0.15, 0.2) is 11.5 Å². The van der Waals surface area contributed by atoms with Crippen molar-refractivity contribution in [2.75, 3.05) is 6.79 Å². The molecule has 3 heteroatoms. The minimum absolute atomic E-state index is 0.340. The van der Waals surface area contributed by atoms with Crippen LogP contribution in [-0.4, -0.2) is 6.79 Å². The minimum atomic E-state index is 0.340. The average Bonchev–Trinajstić information content (AvgIpc) is 2.34. The number of benzene rings is 1. The van der Waals surface area contributed by atoms with E-state index in [9.17, 15) is 0 Å². The second kappa shape index (κ2) is 2.41. The molecule has 0 saturated heterocycles. The van der Waals surface area contributed by atoms with Gasteiger partial charge in [0.2, 0.25) is 6.79 Å². The zero-order chi connectivity index (χ0) is 7.84. The molecule has 1 heterocycles. The van der Waals surface area contributed by atoms with Gasteiger partial charge >= 0.3 is 0 Å². The Bertz CT molecular complexity index is 296. The largest absolute Gasteiger partial charge is 0.454 e. The number of fused-ring (bicyclic) bond motifs is 1. The lowest BCUT2D eigenvalue weighted by atomic mass is 10.2. The standard InChI is InChI=1S/C8H7BrO2/c1-5-2-6(9)3-7-8(5)11-4-10-7/h2-3H,4H2,1H3. The highest BCUT2D eigenvalue weighted by Gasteiger charge is 2.15. The normalized spacial score (nSPS) is 13.6. The van der Waals surface area contributed by atoms with Gasteiger partial charge in [-0.15, -0.1) is 0 Å². The van der Waals surface area contributed by atoms with Crippen LogP contribution < -0.4 is 9.47 Å². The topological polar surface area (TPSA) is 18.5 Å². The van der Waals surface area contributed by atoms with Crippen molar-refractivity contribution in [1.29, 1.82) is 0 Å². The average molecular weight is 215 g/mol. The number of rotatable bonds is 0. The molecular formula is C8H7BrO2. The Labute approximate surface area is 73.3 Å². The van der Waals surface area contributed by atoms with Gasteiger partial charge in [0, 0.05) is 4.47 Å². The number of hydrogen-bond acceptors (Lipinski definition) is 2. The first kappa shape index (κ1) is 6.98. The van der Waals surface area contributed by atoms with Crippen molar-refractivity contribution < 1.29 is 9.47 Å². The smallest absolute Gasteiger partial charge is 0.231 e. The number of hydrogen-bond donors (Lipinski definition) is 0. The number of halogens is 1. The van der Waals surface area contributed by atoms with E-state index in [0.717, 1.165) is 21.5 Å². The molecule has 0 bridgehead atoms. The lowest BCUT2D eigenvalue weighted by Crippen LogP contribution is -1.93. The van der Waals surface area contributed by atoms with E-state index < -0.39 is 0 Å². The molecule has 0 atom stereocenters. The van der Waals surface area contributed by atoms with Crippen LogP contribution >= 0.6 is 15.9 Å². The van der Waals surface area contributed by atoms with Crippen LogP contribution in [-0.2, 0) is 0 Å². The summed E-state index contributed by atoms with van der Waals surface area (Å²) in [6.45, 7) is 2.34. The highest BCUT2D eigenvalue weighted by atomic mass is 79.9. The third kappa shape index (κ3) is 1.09. The fraction of sp³-hybridized carbons (Fsp3) is 0.250. The van der Waals surface area contributed by atoms with Crippen LogP contribution in [0.2, 0.25) is 0 Å². The van der Waals surface area contributed by atoms with E-state index in [1.807, 2.05) is 19.1 Å². The minimum Gasteiger partial charge on any atom is -0.454 e. The fourth-order valence-corrected chi connectivity index (χ4v) is 1.69. The molecule has 1 aliphatic rings. The molecule has 1 aliphatic heterocycles. The van der Waals surface area contributed by atoms with Gasteiger partial charge in [0.05, 0.1) is 0 Å². The molecule has 0 spiro atoms. The van der Waals surface area contributed by atoms with Crippen molar-refractivity contribution in [1.82, 2.24) is 0 Å². The second-order valence-electron chi connectivity index (χ2n) is 2.46. The fourth-order valence-electron chi connectivity index (χ4n) is 1.14. The first-order valence-electron chi connectivity index (χ1n) is 3.33. The molecule has 11 heavy (non-hydrogen) atoms. The van der Waals surface area contributed by atoms with Crippen LogP contribution in [0.3, 0.4) is 0 Å². The maximum atomic E-state index is 5.24. The van der Waals surface area contributed by atoms with Crippen LogP contribution in [0.25, 0.3) is 0 Å². The lowest BCUT2D eigenvalue weighted by Gasteiger charge is -1.99. The Morgan fingerprint density at radius 3 is 3.00 bits per heavy atom. The van der Waals surface area contributed by atoms with E-state index in [1.54, 1.807) is 0 Å². The summed E-state index contributed by atoms with van der Waals surface area (Å²) in [6, 6.07) is 3.92. The second-order valence-corrected chi connectivity index (χ2v) is 3.37. The van der Waals surface area contributed by atoms with E-state index in [2.05, 4.69) is 15.9 Å². The molecule has 1 aromatic rings. The Kier molecular flexibility index (Phi) is 1.53. The van der Waals surface area contributed by atoms with E-state index in [4.69, 9.17) is 9.47 Å².